The van der Waals surface area contributed by atoms with Crippen LogP contribution in [0, 0.1) is 0 Å². The number of unbranched alkanes of at least 4 members (excludes halogenated alkanes) is 8. The number of allylic oxidation sites excluding steroid dienone is 17. The summed E-state index contributed by atoms with van der Waals surface area (Å²) in [5, 5.41) is 11.6. The molecule has 0 radical (unpaired) electrons. The lowest BCUT2D eigenvalue weighted by atomic mass is 10.1. The maximum absolute atomic E-state index is 12.7. The molecule has 8 heteroatoms. The first-order valence-electron chi connectivity index (χ1n) is 22.9. The van der Waals surface area contributed by atoms with Crippen LogP contribution in [0.25, 0.3) is 0 Å². The van der Waals surface area contributed by atoms with E-state index < -0.39 is 24.1 Å². The summed E-state index contributed by atoms with van der Waals surface area (Å²) < 4.78 is 17.0. The van der Waals surface area contributed by atoms with Crippen molar-refractivity contribution in [1.82, 2.24) is 0 Å². The minimum absolute atomic E-state index is 0.00889. The lowest BCUT2D eigenvalue weighted by molar-refractivity contribution is -0.889. The van der Waals surface area contributed by atoms with Crippen molar-refractivity contribution in [2.45, 2.75) is 161 Å². The summed E-state index contributed by atoms with van der Waals surface area (Å²) in [5.41, 5.74) is 0. The maximum atomic E-state index is 12.7. The Balaban J connectivity index is 4.43. The van der Waals surface area contributed by atoms with Crippen LogP contribution < -0.4 is 5.11 Å². The molecule has 0 amide bonds. The van der Waals surface area contributed by atoms with Gasteiger partial charge in [-0.3, -0.25) is 9.59 Å². The van der Waals surface area contributed by atoms with Crippen molar-refractivity contribution in [1.29, 1.82) is 0 Å². The molecule has 0 heterocycles. The Morgan fingerprint density at radius 2 is 0.933 bits per heavy atom. The van der Waals surface area contributed by atoms with Crippen molar-refractivity contribution in [3.8, 4) is 0 Å². The number of aliphatic carboxylic acids is 1. The van der Waals surface area contributed by atoms with Gasteiger partial charge in [0.2, 0.25) is 0 Å². The molecule has 0 aliphatic carbocycles. The van der Waals surface area contributed by atoms with E-state index in [1.54, 1.807) is 27.2 Å². The van der Waals surface area contributed by atoms with Crippen molar-refractivity contribution in [2.75, 3.05) is 41.0 Å². The zero-order valence-electron chi connectivity index (χ0n) is 38.3. The minimum atomic E-state index is -1.14. The molecule has 2 atom stereocenters. The molecule has 0 aliphatic heterocycles. The molecule has 8 nitrogen and oxygen atoms in total. The van der Waals surface area contributed by atoms with Crippen molar-refractivity contribution in [3.05, 3.63) is 109 Å². The molecule has 0 aromatic rings. The largest absolute Gasteiger partial charge is 0.544 e. The predicted octanol–water partition coefficient (Wildman–Crippen LogP) is 11.5. The van der Waals surface area contributed by atoms with Gasteiger partial charge in [-0.25, -0.2) is 0 Å². The Kier molecular flexibility index (Phi) is 38.9. The highest BCUT2D eigenvalue weighted by atomic mass is 16.6. The summed E-state index contributed by atoms with van der Waals surface area (Å²) in [6.07, 6.45) is 57.2. The van der Waals surface area contributed by atoms with Crippen LogP contribution in [-0.2, 0) is 28.6 Å². The highest BCUT2D eigenvalue weighted by Crippen LogP contribution is 2.12. The molecule has 0 fully saturated rings. The minimum Gasteiger partial charge on any atom is -0.544 e. The fraction of sp³-hybridized carbons (Fsp3) is 0.596. The van der Waals surface area contributed by atoms with Gasteiger partial charge < -0.3 is 28.6 Å². The van der Waals surface area contributed by atoms with Crippen LogP contribution >= 0.6 is 0 Å². The van der Waals surface area contributed by atoms with E-state index in [9.17, 15) is 19.5 Å². The Labute approximate surface area is 366 Å². The molecule has 338 valence electrons. The highest BCUT2D eigenvalue weighted by molar-refractivity contribution is 5.71. The maximum Gasteiger partial charge on any atom is 0.310 e. The van der Waals surface area contributed by atoms with Crippen molar-refractivity contribution >= 4 is 17.9 Å². The number of carboxylic acid groups (broad SMARTS) is 1. The van der Waals surface area contributed by atoms with E-state index in [4.69, 9.17) is 14.2 Å². The Morgan fingerprint density at radius 1 is 0.517 bits per heavy atom. The van der Waals surface area contributed by atoms with Gasteiger partial charge in [0.05, 0.1) is 46.7 Å². The molecule has 0 aliphatic rings. The molecule has 0 saturated heterocycles. The van der Waals surface area contributed by atoms with Crippen LogP contribution in [0.5, 0.6) is 0 Å². The van der Waals surface area contributed by atoms with Gasteiger partial charge in [-0.2, -0.15) is 0 Å². The van der Waals surface area contributed by atoms with Gasteiger partial charge in [-0.05, 0) is 77.0 Å². The number of carboxylic acids is 1. The van der Waals surface area contributed by atoms with Crippen LogP contribution in [0.3, 0.4) is 0 Å². The molecule has 0 aromatic carbocycles. The first-order valence-corrected chi connectivity index (χ1v) is 22.9. The average Bonchev–Trinajstić information content (AvgIpc) is 3.21. The quantitative estimate of drug-likeness (QED) is 0.0263. The van der Waals surface area contributed by atoms with E-state index in [-0.39, 0.29) is 43.1 Å². The number of quaternary nitrogens is 1. The summed E-state index contributed by atoms with van der Waals surface area (Å²) in [7, 11) is 5.36. The van der Waals surface area contributed by atoms with Gasteiger partial charge in [0.1, 0.15) is 12.6 Å². The van der Waals surface area contributed by atoms with Crippen LogP contribution in [0.2, 0.25) is 0 Å². The zero-order valence-corrected chi connectivity index (χ0v) is 38.3. The number of likely N-dealkylation sites (N-methyl/N-ethyl adjacent to an activating group) is 1. The topological polar surface area (TPSA) is 102 Å². The average molecular weight is 834 g/mol. The lowest BCUT2D eigenvalue weighted by Crippen LogP contribution is -2.55. The third kappa shape index (κ3) is 39.5. The number of nitrogens with zero attached hydrogens (tertiary/aromatic N) is 1. The second-order valence-corrected chi connectivity index (χ2v) is 15.9. The molecular weight excluding hydrogens is 751 g/mol. The zero-order chi connectivity index (χ0) is 44.2. The van der Waals surface area contributed by atoms with E-state index in [0.717, 1.165) is 77.0 Å². The fourth-order valence-corrected chi connectivity index (χ4v) is 5.96. The smallest absolute Gasteiger partial charge is 0.310 e. The molecule has 0 aromatic heterocycles. The first kappa shape index (κ1) is 56.0. The lowest BCUT2D eigenvalue weighted by Gasteiger charge is -2.34. The summed E-state index contributed by atoms with van der Waals surface area (Å²) >= 11 is 0. The monoisotopic (exact) mass is 834 g/mol. The molecule has 2 unspecified atom stereocenters. The highest BCUT2D eigenvalue weighted by Gasteiger charge is 2.25. The number of ether oxygens (including phenoxy) is 3. The van der Waals surface area contributed by atoms with Crippen LogP contribution in [0.15, 0.2) is 109 Å². The van der Waals surface area contributed by atoms with E-state index in [1.807, 2.05) is 6.08 Å². The molecular formula is C52H83NO7. The summed E-state index contributed by atoms with van der Waals surface area (Å²) in [6, 6.07) is -0.749. The van der Waals surface area contributed by atoms with Gasteiger partial charge in [0.15, 0.2) is 6.10 Å². The Bertz CT molecular complexity index is 1340. The number of carbonyl (C=O) groups excluding carboxylic acids is 3. The van der Waals surface area contributed by atoms with Crippen molar-refractivity contribution < 1.29 is 38.2 Å². The number of carbonyl (C=O) groups is 3. The second kappa shape index (κ2) is 41.7. The Hall–Kier alpha value is -4.01. The Morgan fingerprint density at radius 3 is 1.38 bits per heavy atom. The molecule has 0 rings (SSSR count). The summed E-state index contributed by atoms with van der Waals surface area (Å²) in [5.74, 6) is -1.92. The second-order valence-electron chi connectivity index (χ2n) is 15.9. The van der Waals surface area contributed by atoms with E-state index in [0.29, 0.717) is 12.8 Å². The third-order valence-corrected chi connectivity index (χ3v) is 9.44. The number of esters is 2. The SMILES string of the molecule is CC/C=C\C/C=C\C/C=C\C/C=C\C/C=C\CC(=O)OC(COCCC(C(=O)[O-])[N+](C)(C)C)COC(=O)CCCCCCCCCC/C=C\C/C=C\C/C=C\C/C=C\CC. The third-order valence-electron chi connectivity index (χ3n) is 9.44. The predicted molar refractivity (Wildman–Crippen MR) is 249 cm³/mol. The normalized spacial score (nSPS) is 13.9. The van der Waals surface area contributed by atoms with Gasteiger partial charge in [0, 0.05) is 12.8 Å². The number of hydrogen-bond acceptors (Lipinski definition) is 7. The standard InChI is InChI=1S/C52H83NO7/c1-6-8-10-12-14-16-18-20-22-23-24-25-26-27-29-30-32-34-36-38-40-42-50(54)59-47-48(46-58-45-44-49(52(56)57)53(3,4)5)60-51(55)43-41-39-37-35-33-31-28-21-19-17-15-13-11-9-7-2/h8-11,14-17,20-22,24-25,28,33,35,39,41,48-49H,6-7,12-13,18-19,23,26-27,29-32,34,36-38,40,42-47H2,1-5H3/b10-8-,11-9-,16-14-,17-15-,22-20-,25-24-,28-21-,35-33-,41-39-. The van der Waals surface area contributed by atoms with Crippen LogP contribution in [0.1, 0.15) is 149 Å². The fourth-order valence-electron chi connectivity index (χ4n) is 5.96. The van der Waals surface area contributed by atoms with Crippen LogP contribution in [-0.4, -0.2) is 75.5 Å². The van der Waals surface area contributed by atoms with Gasteiger partial charge in [-0.1, -0.05) is 162 Å². The number of rotatable bonds is 39. The van der Waals surface area contributed by atoms with Crippen molar-refractivity contribution in [2.24, 2.45) is 0 Å². The van der Waals surface area contributed by atoms with E-state index in [1.165, 1.54) is 32.1 Å². The van der Waals surface area contributed by atoms with Crippen molar-refractivity contribution in [3.63, 3.8) is 0 Å². The summed E-state index contributed by atoms with van der Waals surface area (Å²) in [4.78, 5) is 36.8. The first-order chi connectivity index (χ1) is 29.1. The molecule has 0 bridgehead atoms. The molecule has 0 spiro atoms. The van der Waals surface area contributed by atoms with Crippen LogP contribution in [0.4, 0.5) is 0 Å². The molecule has 60 heavy (non-hydrogen) atoms. The van der Waals surface area contributed by atoms with E-state index >= 15 is 0 Å². The molecule has 0 saturated carbocycles. The van der Waals surface area contributed by atoms with Gasteiger partial charge in [0.25, 0.3) is 0 Å². The number of hydrogen-bond donors (Lipinski definition) is 0. The van der Waals surface area contributed by atoms with Gasteiger partial charge >= 0.3 is 11.9 Å². The molecule has 0 N–H and O–H groups in total. The van der Waals surface area contributed by atoms with E-state index in [2.05, 4.69) is 111 Å². The van der Waals surface area contributed by atoms with Gasteiger partial charge in [-0.15, -0.1) is 0 Å². The summed E-state index contributed by atoms with van der Waals surface area (Å²) in [6.45, 7) is 4.30.